The molecule has 0 aromatic rings. The van der Waals surface area contributed by atoms with Gasteiger partial charge in [0.05, 0.1) is 0 Å². The summed E-state index contributed by atoms with van der Waals surface area (Å²) in [5.74, 6) is -1.27. The van der Waals surface area contributed by atoms with Crippen LogP contribution in [0.15, 0.2) is 0 Å². The Balaban J connectivity index is 3.61. The van der Waals surface area contributed by atoms with Crippen LogP contribution in [0.2, 0.25) is 0 Å². The summed E-state index contributed by atoms with van der Waals surface area (Å²) in [6, 6.07) is -0.225. The molecule has 0 bridgehead atoms. The number of carbonyl (C=O) groups is 2. The van der Waals surface area contributed by atoms with Crippen molar-refractivity contribution in [1.29, 1.82) is 0 Å². The standard InChI is InChI=1S/C12H24N2O4/c1-3-4-5-6-9(2)14-12(18)13-8-7-10(15)11(16)17/h9-10,15H,3-8H2,1-2H3,(H,16,17)(H2,13,14,18)/t9?,10-/m0/s1. The summed E-state index contributed by atoms with van der Waals surface area (Å²) in [7, 11) is 0. The van der Waals surface area contributed by atoms with E-state index in [-0.39, 0.29) is 25.0 Å². The van der Waals surface area contributed by atoms with E-state index in [1.165, 1.54) is 0 Å². The number of aliphatic carboxylic acids is 1. The van der Waals surface area contributed by atoms with Gasteiger partial charge in [0.25, 0.3) is 0 Å². The molecule has 0 rings (SSSR count). The molecule has 6 heteroatoms. The Morgan fingerprint density at radius 3 is 2.44 bits per heavy atom. The van der Waals surface area contributed by atoms with Crippen LogP contribution in [-0.2, 0) is 4.79 Å². The zero-order valence-electron chi connectivity index (χ0n) is 11.1. The molecule has 106 valence electrons. The number of aliphatic hydroxyl groups excluding tert-OH is 1. The average Bonchev–Trinajstić information content (AvgIpc) is 2.28. The molecule has 0 aromatic heterocycles. The van der Waals surface area contributed by atoms with Gasteiger partial charge in [-0.1, -0.05) is 26.2 Å². The minimum absolute atomic E-state index is 0.00691. The Kier molecular flexibility index (Phi) is 9.00. The van der Waals surface area contributed by atoms with Crippen LogP contribution in [0.3, 0.4) is 0 Å². The molecule has 0 radical (unpaired) electrons. The van der Waals surface area contributed by atoms with Crippen molar-refractivity contribution in [3.05, 3.63) is 0 Å². The van der Waals surface area contributed by atoms with E-state index >= 15 is 0 Å². The molecule has 0 aliphatic rings. The van der Waals surface area contributed by atoms with Gasteiger partial charge in [0, 0.05) is 19.0 Å². The molecule has 2 atom stereocenters. The summed E-state index contributed by atoms with van der Waals surface area (Å²) in [6.45, 7) is 4.20. The van der Waals surface area contributed by atoms with Crippen LogP contribution >= 0.6 is 0 Å². The molecule has 0 aliphatic carbocycles. The highest BCUT2D eigenvalue weighted by atomic mass is 16.4. The lowest BCUT2D eigenvalue weighted by Gasteiger charge is -2.14. The Bertz CT molecular complexity index is 258. The van der Waals surface area contributed by atoms with E-state index in [2.05, 4.69) is 17.6 Å². The third-order valence-corrected chi connectivity index (χ3v) is 2.61. The van der Waals surface area contributed by atoms with Gasteiger partial charge in [-0.3, -0.25) is 0 Å². The number of unbranched alkanes of at least 4 members (excludes halogenated alkanes) is 2. The highest BCUT2D eigenvalue weighted by molar-refractivity contribution is 5.74. The Morgan fingerprint density at radius 1 is 1.22 bits per heavy atom. The van der Waals surface area contributed by atoms with Crippen molar-refractivity contribution in [2.24, 2.45) is 0 Å². The van der Waals surface area contributed by atoms with Crippen molar-refractivity contribution in [3.63, 3.8) is 0 Å². The quantitative estimate of drug-likeness (QED) is 0.466. The molecular weight excluding hydrogens is 236 g/mol. The van der Waals surface area contributed by atoms with E-state index < -0.39 is 12.1 Å². The second kappa shape index (κ2) is 9.70. The summed E-state index contributed by atoms with van der Waals surface area (Å²) in [6.07, 6.45) is 2.89. The number of amides is 2. The predicted molar refractivity (Wildman–Crippen MR) is 68.4 cm³/mol. The molecule has 0 aliphatic heterocycles. The van der Waals surface area contributed by atoms with E-state index in [0.29, 0.717) is 0 Å². The van der Waals surface area contributed by atoms with Gasteiger partial charge in [-0.2, -0.15) is 0 Å². The van der Waals surface area contributed by atoms with E-state index in [1.807, 2.05) is 6.92 Å². The van der Waals surface area contributed by atoms with Crippen molar-refractivity contribution in [1.82, 2.24) is 10.6 Å². The topological polar surface area (TPSA) is 98.7 Å². The number of rotatable bonds is 9. The van der Waals surface area contributed by atoms with Gasteiger partial charge >= 0.3 is 12.0 Å². The lowest BCUT2D eigenvalue weighted by Crippen LogP contribution is -2.42. The molecule has 1 unspecified atom stereocenters. The molecule has 6 nitrogen and oxygen atoms in total. The lowest BCUT2D eigenvalue weighted by molar-refractivity contribution is -0.146. The molecule has 0 saturated heterocycles. The number of carbonyl (C=O) groups excluding carboxylic acids is 1. The fourth-order valence-corrected chi connectivity index (χ4v) is 1.49. The summed E-state index contributed by atoms with van der Waals surface area (Å²) >= 11 is 0. The normalized spacial score (nSPS) is 13.7. The van der Waals surface area contributed by atoms with Gasteiger partial charge < -0.3 is 20.8 Å². The molecule has 0 spiro atoms. The Labute approximate surface area is 108 Å². The van der Waals surface area contributed by atoms with Crippen molar-refractivity contribution < 1.29 is 19.8 Å². The molecular formula is C12H24N2O4. The number of aliphatic hydroxyl groups is 1. The fraction of sp³-hybridized carbons (Fsp3) is 0.833. The van der Waals surface area contributed by atoms with Gasteiger partial charge in [0.1, 0.15) is 0 Å². The second-order valence-electron chi connectivity index (χ2n) is 4.44. The van der Waals surface area contributed by atoms with Gasteiger partial charge in [-0.15, -0.1) is 0 Å². The van der Waals surface area contributed by atoms with E-state index in [9.17, 15) is 9.59 Å². The lowest BCUT2D eigenvalue weighted by atomic mass is 10.1. The summed E-state index contributed by atoms with van der Waals surface area (Å²) in [5, 5.41) is 22.7. The van der Waals surface area contributed by atoms with E-state index in [4.69, 9.17) is 10.2 Å². The van der Waals surface area contributed by atoms with Crippen molar-refractivity contribution >= 4 is 12.0 Å². The van der Waals surface area contributed by atoms with Crippen LogP contribution in [-0.4, -0.2) is 40.9 Å². The number of hydrogen-bond donors (Lipinski definition) is 4. The minimum atomic E-state index is -1.42. The first-order chi connectivity index (χ1) is 8.47. The zero-order valence-corrected chi connectivity index (χ0v) is 11.1. The van der Waals surface area contributed by atoms with Gasteiger partial charge in [-0.25, -0.2) is 9.59 Å². The molecule has 0 saturated carbocycles. The third-order valence-electron chi connectivity index (χ3n) is 2.61. The first kappa shape index (κ1) is 16.7. The highest BCUT2D eigenvalue weighted by Gasteiger charge is 2.13. The number of urea groups is 1. The van der Waals surface area contributed by atoms with Crippen molar-refractivity contribution in [2.45, 2.75) is 58.1 Å². The number of carboxylic acid groups (broad SMARTS) is 1. The number of hydrogen-bond acceptors (Lipinski definition) is 3. The Hall–Kier alpha value is -1.30. The maximum atomic E-state index is 11.4. The minimum Gasteiger partial charge on any atom is -0.479 e. The molecule has 18 heavy (non-hydrogen) atoms. The van der Waals surface area contributed by atoms with E-state index in [0.717, 1.165) is 25.7 Å². The summed E-state index contributed by atoms with van der Waals surface area (Å²) in [4.78, 5) is 21.7. The van der Waals surface area contributed by atoms with Crippen LogP contribution < -0.4 is 10.6 Å². The van der Waals surface area contributed by atoms with Crippen LogP contribution in [0, 0.1) is 0 Å². The largest absolute Gasteiger partial charge is 0.479 e. The Morgan fingerprint density at radius 2 is 1.89 bits per heavy atom. The monoisotopic (exact) mass is 260 g/mol. The molecule has 0 aromatic carbocycles. The van der Waals surface area contributed by atoms with Crippen LogP contribution in [0.5, 0.6) is 0 Å². The first-order valence-electron chi connectivity index (χ1n) is 6.42. The van der Waals surface area contributed by atoms with Gasteiger partial charge in [0.2, 0.25) is 0 Å². The summed E-state index contributed by atoms with van der Waals surface area (Å²) in [5.41, 5.74) is 0. The van der Waals surface area contributed by atoms with Crippen LogP contribution in [0.25, 0.3) is 0 Å². The van der Waals surface area contributed by atoms with Crippen molar-refractivity contribution in [3.8, 4) is 0 Å². The fourth-order valence-electron chi connectivity index (χ4n) is 1.49. The van der Waals surface area contributed by atoms with Gasteiger partial charge in [-0.05, 0) is 13.3 Å². The van der Waals surface area contributed by atoms with Crippen LogP contribution in [0.4, 0.5) is 4.79 Å². The number of carboxylic acids is 1. The second-order valence-corrected chi connectivity index (χ2v) is 4.44. The predicted octanol–water partition coefficient (Wildman–Crippen LogP) is 1.09. The van der Waals surface area contributed by atoms with Crippen molar-refractivity contribution in [2.75, 3.05) is 6.54 Å². The first-order valence-corrected chi connectivity index (χ1v) is 6.42. The zero-order chi connectivity index (χ0) is 14.0. The smallest absolute Gasteiger partial charge is 0.332 e. The van der Waals surface area contributed by atoms with Crippen LogP contribution in [0.1, 0.15) is 46.0 Å². The molecule has 0 heterocycles. The maximum Gasteiger partial charge on any atom is 0.332 e. The molecule has 2 amide bonds. The molecule has 0 fully saturated rings. The maximum absolute atomic E-state index is 11.4. The SMILES string of the molecule is CCCCCC(C)NC(=O)NCC[C@H](O)C(=O)O. The van der Waals surface area contributed by atoms with E-state index in [1.54, 1.807) is 0 Å². The number of nitrogens with one attached hydrogen (secondary N) is 2. The third kappa shape index (κ3) is 8.81. The average molecular weight is 260 g/mol. The highest BCUT2D eigenvalue weighted by Crippen LogP contribution is 2.02. The summed E-state index contributed by atoms with van der Waals surface area (Å²) < 4.78 is 0. The molecule has 4 N–H and O–H groups in total. The van der Waals surface area contributed by atoms with Gasteiger partial charge in [0.15, 0.2) is 6.10 Å².